The van der Waals surface area contributed by atoms with E-state index in [1.165, 1.54) is 11.6 Å². The molecule has 1 atom stereocenters. The Morgan fingerprint density at radius 1 is 1.11 bits per heavy atom. The summed E-state index contributed by atoms with van der Waals surface area (Å²) < 4.78 is 14.0. The van der Waals surface area contributed by atoms with Crippen LogP contribution < -0.4 is 5.32 Å². The largest absolute Gasteiger partial charge is 0.306 e. The molecule has 0 saturated heterocycles. The Kier molecular flexibility index (Phi) is 5.11. The number of halogens is 2. The van der Waals surface area contributed by atoms with Crippen molar-refractivity contribution in [2.75, 3.05) is 0 Å². The second-order valence-electron chi connectivity index (χ2n) is 4.47. The normalized spacial score (nSPS) is 12.4. The van der Waals surface area contributed by atoms with Crippen molar-refractivity contribution in [1.29, 1.82) is 0 Å². The number of hydrogen-bond acceptors (Lipinski definition) is 1. The van der Waals surface area contributed by atoms with Gasteiger partial charge in [0.1, 0.15) is 5.82 Å². The summed E-state index contributed by atoms with van der Waals surface area (Å²) in [5.41, 5.74) is 2.20. The molecular formula is C16H17BrFN. The number of nitrogens with one attached hydrogen (secondary N) is 1. The molecule has 2 aromatic rings. The first-order valence-corrected chi connectivity index (χ1v) is 7.23. The average Bonchev–Trinajstić information content (AvgIpc) is 2.45. The van der Waals surface area contributed by atoms with Gasteiger partial charge in [0, 0.05) is 12.6 Å². The molecular weight excluding hydrogens is 305 g/mol. The fraction of sp³-hybridized carbons (Fsp3) is 0.250. The van der Waals surface area contributed by atoms with E-state index in [2.05, 4.69) is 40.3 Å². The van der Waals surface area contributed by atoms with Crippen LogP contribution in [0.5, 0.6) is 0 Å². The first-order chi connectivity index (χ1) is 9.22. The summed E-state index contributed by atoms with van der Waals surface area (Å²) in [7, 11) is 0. The van der Waals surface area contributed by atoms with E-state index in [4.69, 9.17) is 0 Å². The highest BCUT2D eigenvalue weighted by molar-refractivity contribution is 9.10. The van der Waals surface area contributed by atoms with Crippen molar-refractivity contribution in [3.63, 3.8) is 0 Å². The van der Waals surface area contributed by atoms with E-state index in [9.17, 15) is 4.39 Å². The van der Waals surface area contributed by atoms with Crippen molar-refractivity contribution < 1.29 is 4.39 Å². The number of rotatable bonds is 5. The van der Waals surface area contributed by atoms with Gasteiger partial charge in [-0.25, -0.2) is 4.39 Å². The molecule has 3 heteroatoms. The summed E-state index contributed by atoms with van der Waals surface area (Å²) in [4.78, 5) is 0. The monoisotopic (exact) mass is 321 g/mol. The zero-order chi connectivity index (χ0) is 13.7. The Morgan fingerprint density at radius 2 is 1.84 bits per heavy atom. The van der Waals surface area contributed by atoms with Crippen molar-refractivity contribution >= 4 is 15.9 Å². The average molecular weight is 322 g/mol. The van der Waals surface area contributed by atoms with Crippen molar-refractivity contribution in [3.05, 3.63) is 69.9 Å². The van der Waals surface area contributed by atoms with Crippen molar-refractivity contribution in [1.82, 2.24) is 5.32 Å². The fourth-order valence-corrected chi connectivity index (χ4v) is 2.51. The molecule has 1 unspecified atom stereocenters. The summed E-state index contributed by atoms with van der Waals surface area (Å²) in [5.74, 6) is -0.216. The predicted molar refractivity (Wildman–Crippen MR) is 80.4 cm³/mol. The molecule has 1 N–H and O–H groups in total. The molecule has 1 nitrogen and oxygen atoms in total. The Bertz CT molecular complexity index is 528. The lowest BCUT2D eigenvalue weighted by Gasteiger charge is -2.18. The van der Waals surface area contributed by atoms with Crippen LogP contribution in [0, 0.1) is 5.82 Å². The minimum Gasteiger partial charge on any atom is -0.306 e. The SMILES string of the molecule is CCC(NCc1cccc(F)c1Br)c1ccccc1. The van der Waals surface area contributed by atoms with E-state index in [0.29, 0.717) is 11.0 Å². The highest BCUT2D eigenvalue weighted by Crippen LogP contribution is 2.22. The topological polar surface area (TPSA) is 12.0 Å². The Morgan fingerprint density at radius 3 is 2.53 bits per heavy atom. The van der Waals surface area contributed by atoms with Crippen LogP contribution in [0.1, 0.15) is 30.5 Å². The molecule has 100 valence electrons. The third kappa shape index (κ3) is 3.64. The highest BCUT2D eigenvalue weighted by atomic mass is 79.9. The minimum atomic E-state index is -0.216. The van der Waals surface area contributed by atoms with Crippen LogP contribution in [0.4, 0.5) is 4.39 Å². The third-order valence-electron chi connectivity index (χ3n) is 3.18. The second kappa shape index (κ2) is 6.83. The lowest BCUT2D eigenvalue weighted by molar-refractivity contribution is 0.516. The van der Waals surface area contributed by atoms with Gasteiger partial charge in [0.2, 0.25) is 0 Å². The molecule has 2 aromatic carbocycles. The summed E-state index contributed by atoms with van der Waals surface area (Å²) in [6, 6.07) is 15.7. The maximum absolute atomic E-state index is 13.4. The zero-order valence-corrected chi connectivity index (χ0v) is 12.5. The molecule has 0 amide bonds. The van der Waals surface area contributed by atoms with Gasteiger partial charge < -0.3 is 5.32 Å². The summed E-state index contributed by atoms with van der Waals surface area (Å²) in [6.45, 7) is 2.79. The Hall–Kier alpha value is -1.19. The molecule has 0 radical (unpaired) electrons. The van der Waals surface area contributed by atoms with E-state index in [-0.39, 0.29) is 11.9 Å². The van der Waals surface area contributed by atoms with Crippen LogP contribution in [0.15, 0.2) is 53.0 Å². The summed E-state index contributed by atoms with van der Waals surface area (Å²) >= 11 is 3.29. The van der Waals surface area contributed by atoms with E-state index >= 15 is 0 Å². The molecule has 0 heterocycles. The van der Waals surface area contributed by atoms with Crippen molar-refractivity contribution in [2.45, 2.75) is 25.9 Å². The number of hydrogen-bond donors (Lipinski definition) is 1. The zero-order valence-electron chi connectivity index (χ0n) is 10.9. The second-order valence-corrected chi connectivity index (χ2v) is 5.26. The Balaban J connectivity index is 2.06. The third-order valence-corrected chi connectivity index (χ3v) is 4.07. The van der Waals surface area contributed by atoms with Gasteiger partial charge >= 0.3 is 0 Å². The first kappa shape index (κ1) is 14.2. The summed E-state index contributed by atoms with van der Waals surface area (Å²) in [6.07, 6.45) is 0.997. The van der Waals surface area contributed by atoms with Gasteiger partial charge in [-0.3, -0.25) is 0 Å². The van der Waals surface area contributed by atoms with E-state index in [0.717, 1.165) is 12.0 Å². The number of benzene rings is 2. The predicted octanol–water partition coefficient (Wildman–Crippen LogP) is 4.83. The van der Waals surface area contributed by atoms with Gasteiger partial charge in [0.15, 0.2) is 0 Å². The fourth-order valence-electron chi connectivity index (χ4n) is 2.10. The molecule has 0 aromatic heterocycles. The van der Waals surface area contributed by atoms with Crippen LogP contribution in [-0.2, 0) is 6.54 Å². The lowest BCUT2D eigenvalue weighted by atomic mass is 10.0. The van der Waals surface area contributed by atoms with E-state index in [1.54, 1.807) is 6.07 Å². The standard InChI is InChI=1S/C16H17BrFN/c1-2-15(12-7-4-3-5-8-12)19-11-13-9-6-10-14(18)16(13)17/h3-10,15,19H,2,11H2,1H3. The van der Waals surface area contributed by atoms with Crippen molar-refractivity contribution in [2.24, 2.45) is 0 Å². The van der Waals surface area contributed by atoms with Crippen LogP contribution in [0.25, 0.3) is 0 Å². The summed E-state index contributed by atoms with van der Waals surface area (Å²) in [5, 5.41) is 3.47. The van der Waals surface area contributed by atoms with Crippen LogP contribution in [0.3, 0.4) is 0 Å². The van der Waals surface area contributed by atoms with Gasteiger partial charge in [0.05, 0.1) is 4.47 Å². The first-order valence-electron chi connectivity index (χ1n) is 6.43. The van der Waals surface area contributed by atoms with Gasteiger partial charge in [-0.15, -0.1) is 0 Å². The molecule has 0 spiro atoms. The van der Waals surface area contributed by atoms with Crippen LogP contribution >= 0.6 is 15.9 Å². The maximum atomic E-state index is 13.4. The molecule has 0 aliphatic rings. The van der Waals surface area contributed by atoms with Gasteiger partial charge in [0.25, 0.3) is 0 Å². The molecule has 2 rings (SSSR count). The lowest BCUT2D eigenvalue weighted by Crippen LogP contribution is -2.20. The van der Waals surface area contributed by atoms with E-state index in [1.807, 2.05) is 24.3 Å². The van der Waals surface area contributed by atoms with E-state index < -0.39 is 0 Å². The van der Waals surface area contributed by atoms with Crippen LogP contribution in [-0.4, -0.2) is 0 Å². The molecule has 19 heavy (non-hydrogen) atoms. The van der Waals surface area contributed by atoms with Crippen molar-refractivity contribution in [3.8, 4) is 0 Å². The minimum absolute atomic E-state index is 0.216. The van der Waals surface area contributed by atoms with Gasteiger partial charge in [-0.2, -0.15) is 0 Å². The quantitative estimate of drug-likeness (QED) is 0.831. The van der Waals surface area contributed by atoms with Gasteiger partial charge in [-0.1, -0.05) is 49.4 Å². The molecule has 0 bridgehead atoms. The highest BCUT2D eigenvalue weighted by Gasteiger charge is 2.10. The molecule has 0 aliphatic carbocycles. The molecule has 0 saturated carbocycles. The van der Waals surface area contributed by atoms with Crippen LogP contribution in [0.2, 0.25) is 0 Å². The van der Waals surface area contributed by atoms with Gasteiger partial charge in [-0.05, 0) is 39.5 Å². The maximum Gasteiger partial charge on any atom is 0.137 e. The molecule has 0 aliphatic heterocycles. The molecule has 0 fully saturated rings. The Labute approximate surface area is 122 Å². The smallest absolute Gasteiger partial charge is 0.137 e.